The zero-order valence-corrected chi connectivity index (χ0v) is 13.3. The van der Waals surface area contributed by atoms with Crippen molar-refractivity contribution in [2.24, 2.45) is 5.73 Å². The summed E-state index contributed by atoms with van der Waals surface area (Å²) in [4.78, 5) is 25.4. The number of nitrogens with zero attached hydrogens (tertiary/aromatic N) is 2. The second kappa shape index (κ2) is 7.59. The number of rotatable bonds is 7. The van der Waals surface area contributed by atoms with Gasteiger partial charge in [-0.1, -0.05) is 13.8 Å². The number of primary amides is 1. The Hall–Kier alpha value is -2.61. The molecule has 1 heterocycles. The Morgan fingerprint density at radius 3 is 2.70 bits per heavy atom. The van der Waals surface area contributed by atoms with Gasteiger partial charge >= 0.3 is 6.03 Å². The number of nitrogens with two attached hydrogens (primary N) is 1. The molecule has 3 amide bonds. The van der Waals surface area contributed by atoms with Crippen LogP contribution in [0, 0.1) is 0 Å². The lowest BCUT2D eigenvalue weighted by Gasteiger charge is -2.18. The SMILES string of the molecule is CCN(CC)CCNC(=O)Nc1ccc2[nH]nc(C(N)=O)c2c1. The van der Waals surface area contributed by atoms with Gasteiger partial charge in [0.15, 0.2) is 5.69 Å². The van der Waals surface area contributed by atoms with Crippen LogP contribution in [0.15, 0.2) is 18.2 Å². The second-order valence-corrected chi connectivity index (χ2v) is 5.10. The number of amides is 3. The smallest absolute Gasteiger partial charge is 0.319 e. The summed E-state index contributed by atoms with van der Waals surface area (Å²) in [5.74, 6) is -0.614. The van der Waals surface area contributed by atoms with Crippen LogP contribution in [-0.2, 0) is 0 Å². The van der Waals surface area contributed by atoms with Gasteiger partial charge in [-0.2, -0.15) is 5.10 Å². The summed E-state index contributed by atoms with van der Waals surface area (Å²) in [5, 5.41) is 12.7. The zero-order valence-electron chi connectivity index (χ0n) is 13.3. The van der Waals surface area contributed by atoms with E-state index in [1.54, 1.807) is 18.2 Å². The highest BCUT2D eigenvalue weighted by atomic mass is 16.2. The molecule has 5 N–H and O–H groups in total. The first-order valence-electron chi connectivity index (χ1n) is 7.60. The minimum absolute atomic E-state index is 0.158. The van der Waals surface area contributed by atoms with E-state index in [2.05, 4.69) is 39.6 Å². The predicted octanol–water partition coefficient (Wildman–Crippen LogP) is 1.13. The maximum Gasteiger partial charge on any atom is 0.319 e. The predicted molar refractivity (Wildman–Crippen MR) is 89.4 cm³/mol. The standard InChI is InChI=1S/C15H22N6O2/c1-3-21(4-2)8-7-17-15(23)18-10-5-6-12-11(9-10)13(14(16)22)20-19-12/h5-6,9H,3-4,7-8H2,1-2H3,(H2,16,22)(H,19,20)(H2,17,18,23). The Morgan fingerprint density at radius 2 is 2.04 bits per heavy atom. The molecule has 8 heteroatoms. The number of nitrogens with one attached hydrogen (secondary N) is 3. The van der Waals surface area contributed by atoms with Crippen LogP contribution in [-0.4, -0.2) is 53.2 Å². The normalized spacial score (nSPS) is 10.9. The van der Waals surface area contributed by atoms with Gasteiger partial charge in [-0.25, -0.2) is 4.79 Å². The van der Waals surface area contributed by atoms with Crippen LogP contribution in [0.5, 0.6) is 0 Å². The molecular weight excluding hydrogens is 296 g/mol. The summed E-state index contributed by atoms with van der Waals surface area (Å²) in [6.45, 7) is 7.43. The van der Waals surface area contributed by atoms with E-state index in [1.165, 1.54) is 0 Å². The molecule has 0 fully saturated rings. The lowest BCUT2D eigenvalue weighted by atomic mass is 10.2. The highest BCUT2D eigenvalue weighted by Crippen LogP contribution is 2.20. The number of urea groups is 1. The molecule has 23 heavy (non-hydrogen) atoms. The molecule has 2 aromatic rings. The third-order valence-electron chi connectivity index (χ3n) is 3.66. The molecule has 0 aliphatic heterocycles. The van der Waals surface area contributed by atoms with Gasteiger partial charge in [-0.15, -0.1) is 0 Å². The number of hydrogen-bond donors (Lipinski definition) is 4. The van der Waals surface area contributed by atoms with Crippen LogP contribution >= 0.6 is 0 Å². The van der Waals surface area contributed by atoms with Gasteiger partial charge in [0.2, 0.25) is 0 Å². The average Bonchev–Trinajstić information content (AvgIpc) is 2.95. The van der Waals surface area contributed by atoms with Crippen molar-refractivity contribution in [3.05, 3.63) is 23.9 Å². The Morgan fingerprint density at radius 1 is 1.30 bits per heavy atom. The highest BCUT2D eigenvalue weighted by molar-refractivity contribution is 6.05. The van der Waals surface area contributed by atoms with E-state index in [0.29, 0.717) is 23.1 Å². The Labute approximate surface area is 134 Å². The summed E-state index contributed by atoms with van der Waals surface area (Å²) in [5.41, 5.74) is 6.69. The van der Waals surface area contributed by atoms with Crippen molar-refractivity contribution in [1.82, 2.24) is 20.4 Å². The molecule has 1 aromatic heterocycles. The maximum atomic E-state index is 11.9. The molecule has 1 aromatic carbocycles. The number of benzene rings is 1. The maximum absolute atomic E-state index is 11.9. The lowest BCUT2D eigenvalue weighted by Crippen LogP contribution is -2.36. The zero-order chi connectivity index (χ0) is 16.8. The van der Waals surface area contributed by atoms with Crippen molar-refractivity contribution >= 4 is 28.5 Å². The molecule has 0 aliphatic rings. The molecule has 124 valence electrons. The summed E-state index contributed by atoms with van der Waals surface area (Å²) in [6.07, 6.45) is 0. The molecular formula is C15H22N6O2. The third kappa shape index (κ3) is 4.19. The fraction of sp³-hybridized carbons (Fsp3) is 0.400. The van der Waals surface area contributed by atoms with Crippen LogP contribution in [0.1, 0.15) is 24.3 Å². The van der Waals surface area contributed by atoms with Gasteiger partial charge in [-0.05, 0) is 31.3 Å². The largest absolute Gasteiger partial charge is 0.364 e. The van der Waals surface area contributed by atoms with E-state index in [1.807, 2.05) is 0 Å². The molecule has 0 aliphatic carbocycles. The fourth-order valence-electron chi connectivity index (χ4n) is 2.32. The number of H-pyrrole nitrogens is 1. The van der Waals surface area contributed by atoms with E-state index >= 15 is 0 Å². The summed E-state index contributed by atoms with van der Waals surface area (Å²) in [7, 11) is 0. The molecule has 0 saturated carbocycles. The van der Waals surface area contributed by atoms with E-state index in [4.69, 9.17) is 5.73 Å². The van der Waals surface area contributed by atoms with Crippen LogP contribution in [0.4, 0.5) is 10.5 Å². The summed E-state index contributed by atoms with van der Waals surface area (Å²) >= 11 is 0. The van der Waals surface area contributed by atoms with Gasteiger partial charge in [0.05, 0.1) is 5.52 Å². The molecule has 0 atom stereocenters. The van der Waals surface area contributed by atoms with Crippen molar-refractivity contribution in [1.29, 1.82) is 0 Å². The molecule has 0 spiro atoms. The van der Waals surface area contributed by atoms with Crippen molar-refractivity contribution in [3.8, 4) is 0 Å². The number of fused-ring (bicyclic) bond motifs is 1. The van der Waals surface area contributed by atoms with Gasteiger partial charge in [-0.3, -0.25) is 9.89 Å². The Bertz CT molecular complexity index is 692. The summed E-state index contributed by atoms with van der Waals surface area (Å²) < 4.78 is 0. The van der Waals surface area contributed by atoms with Gasteiger partial charge in [0, 0.05) is 24.2 Å². The fourth-order valence-corrected chi connectivity index (χ4v) is 2.32. The first kappa shape index (κ1) is 16.8. The number of hydrogen-bond acceptors (Lipinski definition) is 4. The first-order chi connectivity index (χ1) is 11.0. The van der Waals surface area contributed by atoms with Gasteiger partial charge in [0.1, 0.15) is 0 Å². The number of anilines is 1. The van der Waals surface area contributed by atoms with Crippen LogP contribution in [0.3, 0.4) is 0 Å². The van der Waals surface area contributed by atoms with E-state index in [9.17, 15) is 9.59 Å². The van der Waals surface area contributed by atoms with Crippen LogP contribution in [0.25, 0.3) is 10.9 Å². The van der Waals surface area contributed by atoms with Crippen LogP contribution < -0.4 is 16.4 Å². The van der Waals surface area contributed by atoms with Gasteiger partial charge < -0.3 is 21.3 Å². The van der Waals surface area contributed by atoms with Crippen molar-refractivity contribution < 1.29 is 9.59 Å². The number of carbonyl (C=O) groups is 2. The van der Waals surface area contributed by atoms with Crippen molar-refractivity contribution in [3.63, 3.8) is 0 Å². The minimum atomic E-state index is -0.614. The van der Waals surface area contributed by atoms with E-state index < -0.39 is 5.91 Å². The van der Waals surface area contributed by atoms with Crippen molar-refractivity contribution in [2.45, 2.75) is 13.8 Å². The number of likely N-dealkylation sites (N-methyl/N-ethyl adjacent to an activating group) is 1. The topological polar surface area (TPSA) is 116 Å². The molecule has 8 nitrogen and oxygen atoms in total. The molecule has 0 unspecified atom stereocenters. The van der Waals surface area contributed by atoms with E-state index in [-0.39, 0.29) is 11.7 Å². The number of aromatic nitrogens is 2. The molecule has 0 saturated heterocycles. The molecule has 0 radical (unpaired) electrons. The summed E-state index contributed by atoms with van der Waals surface area (Å²) in [6, 6.07) is 4.85. The molecule has 2 rings (SSSR count). The Kier molecular flexibility index (Phi) is 5.53. The third-order valence-corrected chi connectivity index (χ3v) is 3.66. The minimum Gasteiger partial charge on any atom is -0.364 e. The van der Waals surface area contributed by atoms with Crippen molar-refractivity contribution in [2.75, 3.05) is 31.5 Å². The highest BCUT2D eigenvalue weighted by Gasteiger charge is 2.12. The van der Waals surface area contributed by atoms with Crippen LogP contribution in [0.2, 0.25) is 0 Å². The number of carbonyl (C=O) groups excluding carboxylic acids is 2. The monoisotopic (exact) mass is 318 g/mol. The van der Waals surface area contributed by atoms with E-state index in [0.717, 1.165) is 19.6 Å². The lowest BCUT2D eigenvalue weighted by molar-refractivity contribution is 0.0997. The second-order valence-electron chi connectivity index (χ2n) is 5.10. The Balaban J connectivity index is 1.97. The number of aromatic amines is 1. The first-order valence-corrected chi connectivity index (χ1v) is 7.60. The molecule has 0 bridgehead atoms. The van der Waals surface area contributed by atoms with Gasteiger partial charge in [0.25, 0.3) is 5.91 Å². The quantitative estimate of drug-likeness (QED) is 0.612. The average molecular weight is 318 g/mol.